The number of carbonyl (C=O) groups is 2. The summed E-state index contributed by atoms with van der Waals surface area (Å²) < 4.78 is 5.14. The number of likely N-dealkylation sites (tertiary alicyclic amines) is 1. The fourth-order valence-electron chi connectivity index (χ4n) is 3.84. The summed E-state index contributed by atoms with van der Waals surface area (Å²) in [5, 5.41) is 5.97. The van der Waals surface area contributed by atoms with Crippen molar-refractivity contribution in [2.24, 2.45) is 0 Å². The maximum atomic E-state index is 12.8. The second-order valence-corrected chi connectivity index (χ2v) is 7.97. The molecule has 31 heavy (non-hydrogen) atoms. The Morgan fingerprint density at radius 1 is 1.00 bits per heavy atom. The van der Waals surface area contributed by atoms with Crippen molar-refractivity contribution in [3.63, 3.8) is 0 Å². The minimum atomic E-state index is -0.337. The number of nitrogens with zero attached hydrogens (tertiary/aromatic N) is 1. The second-order valence-electron chi connectivity index (χ2n) is 7.97. The van der Waals surface area contributed by atoms with Crippen LogP contribution in [0.3, 0.4) is 0 Å². The average molecular weight is 418 g/mol. The number of carbonyl (C=O) groups excluding carboxylic acids is 2. The predicted octanol–water partition coefficient (Wildman–Crippen LogP) is 4.23. The lowest BCUT2D eigenvalue weighted by molar-refractivity contribution is 0.0908. The number of aryl methyl sites for hydroxylation is 1. The van der Waals surface area contributed by atoms with Crippen LogP contribution < -0.4 is 10.6 Å². The van der Waals surface area contributed by atoms with Crippen LogP contribution in [-0.2, 0) is 6.54 Å². The Morgan fingerprint density at radius 2 is 1.77 bits per heavy atom. The van der Waals surface area contributed by atoms with Crippen molar-refractivity contribution in [3.05, 3.63) is 89.4 Å². The third-order valence-electron chi connectivity index (χ3n) is 5.66. The van der Waals surface area contributed by atoms with Gasteiger partial charge >= 0.3 is 0 Å². The summed E-state index contributed by atoms with van der Waals surface area (Å²) in [6.45, 7) is 4.75. The highest BCUT2D eigenvalue weighted by molar-refractivity contribution is 6.04. The smallest absolute Gasteiger partial charge is 0.291 e. The van der Waals surface area contributed by atoms with E-state index in [9.17, 15) is 9.59 Å². The van der Waals surface area contributed by atoms with Crippen LogP contribution in [0.4, 0.5) is 5.69 Å². The summed E-state index contributed by atoms with van der Waals surface area (Å²) in [5.74, 6) is -0.219. The van der Waals surface area contributed by atoms with E-state index < -0.39 is 0 Å². The standard InChI is InChI=1S/C25H27N3O3/c1-18-9-10-20(16-22(18)27-25(30)23-8-5-15-31-23)24(29)26-21-11-13-28(14-12-21)17-19-6-3-2-4-7-19/h2-10,15-16,21H,11-14,17H2,1H3,(H,26,29)(H,27,30). The molecule has 1 aliphatic rings. The lowest BCUT2D eigenvalue weighted by Crippen LogP contribution is -2.44. The van der Waals surface area contributed by atoms with Crippen molar-refractivity contribution in [1.29, 1.82) is 0 Å². The van der Waals surface area contributed by atoms with Gasteiger partial charge in [0.15, 0.2) is 5.76 Å². The summed E-state index contributed by atoms with van der Waals surface area (Å²) in [6.07, 6.45) is 3.30. The van der Waals surface area contributed by atoms with Crippen LogP contribution >= 0.6 is 0 Å². The molecule has 4 rings (SSSR count). The Kier molecular flexibility index (Phi) is 6.48. The zero-order chi connectivity index (χ0) is 21.6. The fraction of sp³-hybridized carbons (Fsp3) is 0.280. The van der Waals surface area contributed by atoms with Gasteiger partial charge < -0.3 is 15.1 Å². The van der Waals surface area contributed by atoms with Crippen molar-refractivity contribution in [2.75, 3.05) is 18.4 Å². The van der Waals surface area contributed by atoms with E-state index >= 15 is 0 Å². The number of benzene rings is 2. The van der Waals surface area contributed by atoms with Gasteiger partial charge in [0.2, 0.25) is 0 Å². The zero-order valence-electron chi connectivity index (χ0n) is 17.6. The molecule has 2 aromatic carbocycles. The quantitative estimate of drug-likeness (QED) is 0.629. The monoisotopic (exact) mass is 417 g/mol. The third kappa shape index (κ3) is 5.41. The van der Waals surface area contributed by atoms with Gasteiger partial charge in [0, 0.05) is 36.9 Å². The average Bonchev–Trinajstić information content (AvgIpc) is 3.32. The van der Waals surface area contributed by atoms with Gasteiger partial charge in [-0.1, -0.05) is 36.4 Å². The lowest BCUT2D eigenvalue weighted by atomic mass is 10.0. The number of piperidine rings is 1. The van der Waals surface area contributed by atoms with Crippen LogP contribution in [0.25, 0.3) is 0 Å². The van der Waals surface area contributed by atoms with Gasteiger partial charge in [0.25, 0.3) is 11.8 Å². The van der Waals surface area contributed by atoms with E-state index in [0.29, 0.717) is 11.3 Å². The van der Waals surface area contributed by atoms with Crippen LogP contribution in [0, 0.1) is 6.92 Å². The Labute approximate surface area is 182 Å². The highest BCUT2D eigenvalue weighted by Gasteiger charge is 2.21. The maximum Gasteiger partial charge on any atom is 0.291 e. The van der Waals surface area contributed by atoms with Gasteiger partial charge in [-0.25, -0.2) is 0 Å². The predicted molar refractivity (Wildman–Crippen MR) is 120 cm³/mol. The van der Waals surface area contributed by atoms with Gasteiger partial charge in [-0.2, -0.15) is 0 Å². The molecular formula is C25H27N3O3. The maximum absolute atomic E-state index is 12.8. The van der Waals surface area contributed by atoms with Gasteiger partial charge in [-0.05, 0) is 55.2 Å². The van der Waals surface area contributed by atoms with Gasteiger partial charge in [0.1, 0.15) is 0 Å². The largest absolute Gasteiger partial charge is 0.459 e. The van der Waals surface area contributed by atoms with Gasteiger partial charge in [0.05, 0.1) is 6.26 Å². The van der Waals surface area contributed by atoms with Crippen molar-refractivity contribution in [1.82, 2.24) is 10.2 Å². The number of anilines is 1. The highest BCUT2D eigenvalue weighted by Crippen LogP contribution is 2.19. The molecule has 6 nitrogen and oxygen atoms in total. The minimum Gasteiger partial charge on any atom is -0.459 e. The number of rotatable bonds is 6. The van der Waals surface area contributed by atoms with E-state index in [2.05, 4.69) is 39.8 Å². The summed E-state index contributed by atoms with van der Waals surface area (Å²) in [6, 6.07) is 19.2. The second kappa shape index (κ2) is 9.62. The van der Waals surface area contributed by atoms with E-state index in [1.807, 2.05) is 19.1 Å². The number of hydrogen-bond donors (Lipinski definition) is 2. The summed E-state index contributed by atoms with van der Waals surface area (Å²) in [5.41, 5.74) is 3.33. The summed E-state index contributed by atoms with van der Waals surface area (Å²) >= 11 is 0. The van der Waals surface area contributed by atoms with Gasteiger partial charge in [-0.3, -0.25) is 14.5 Å². The molecule has 0 unspecified atom stereocenters. The van der Waals surface area contributed by atoms with Crippen molar-refractivity contribution >= 4 is 17.5 Å². The molecule has 1 aromatic heterocycles. The number of hydrogen-bond acceptors (Lipinski definition) is 4. The molecule has 2 heterocycles. The zero-order valence-corrected chi connectivity index (χ0v) is 17.6. The summed E-state index contributed by atoms with van der Waals surface area (Å²) in [4.78, 5) is 27.5. The topological polar surface area (TPSA) is 74.6 Å². The first-order valence-electron chi connectivity index (χ1n) is 10.6. The first kappa shape index (κ1) is 20.9. The molecule has 3 aromatic rings. The number of furan rings is 1. The first-order chi connectivity index (χ1) is 15.1. The van der Waals surface area contributed by atoms with E-state index in [4.69, 9.17) is 4.42 Å². The van der Waals surface area contributed by atoms with E-state index in [0.717, 1.165) is 38.0 Å². The molecule has 0 saturated carbocycles. The highest BCUT2D eigenvalue weighted by atomic mass is 16.3. The molecule has 1 fully saturated rings. The fourth-order valence-corrected chi connectivity index (χ4v) is 3.84. The number of nitrogens with one attached hydrogen (secondary N) is 2. The molecule has 0 atom stereocenters. The van der Waals surface area contributed by atoms with E-state index in [-0.39, 0.29) is 23.6 Å². The Bertz CT molecular complexity index is 1020. The number of amides is 2. The van der Waals surface area contributed by atoms with Gasteiger partial charge in [-0.15, -0.1) is 0 Å². The lowest BCUT2D eigenvalue weighted by Gasteiger charge is -2.32. The van der Waals surface area contributed by atoms with Crippen molar-refractivity contribution in [2.45, 2.75) is 32.4 Å². The van der Waals surface area contributed by atoms with Crippen LogP contribution in [0.1, 0.15) is 44.9 Å². The molecule has 0 bridgehead atoms. The third-order valence-corrected chi connectivity index (χ3v) is 5.66. The SMILES string of the molecule is Cc1ccc(C(=O)NC2CCN(Cc3ccccc3)CC2)cc1NC(=O)c1ccco1. The molecule has 0 radical (unpaired) electrons. The van der Waals surface area contributed by atoms with E-state index in [1.165, 1.54) is 11.8 Å². The van der Waals surface area contributed by atoms with Crippen LogP contribution in [0.5, 0.6) is 0 Å². The Morgan fingerprint density at radius 3 is 2.48 bits per heavy atom. The van der Waals surface area contributed by atoms with Crippen LogP contribution in [-0.4, -0.2) is 35.8 Å². The molecule has 160 valence electrons. The molecule has 0 aliphatic carbocycles. The molecule has 0 spiro atoms. The molecule has 1 aliphatic heterocycles. The van der Waals surface area contributed by atoms with Crippen LogP contribution in [0.2, 0.25) is 0 Å². The molecular weight excluding hydrogens is 390 g/mol. The Balaban J connectivity index is 1.32. The molecule has 1 saturated heterocycles. The molecule has 2 N–H and O–H groups in total. The van der Waals surface area contributed by atoms with E-state index in [1.54, 1.807) is 24.3 Å². The normalized spacial score (nSPS) is 14.9. The Hall–Kier alpha value is -3.38. The molecule has 2 amide bonds. The molecule has 6 heteroatoms. The van der Waals surface area contributed by atoms with Crippen molar-refractivity contribution < 1.29 is 14.0 Å². The van der Waals surface area contributed by atoms with Crippen molar-refractivity contribution in [3.8, 4) is 0 Å². The minimum absolute atomic E-state index is 0.116. The summed E-state index contributed by atoms with van der Waals surface area (Å²) in [7, 11) is 0. The first-order valence-corrected chi connectivity index (χ1v) is 10.6. The van der Waals surface area contributed by atoms with Crippen LogP contribution in [0.15, 0.2) is 71.3 Å².